The van der Waals surface area contributed by atoms with Crippen LogP contribution in [0.2, 0.25) is 0 Å². The van der Waals surface area contributed by atoms with E-state index in [4.69, 9.17) is 14.8 Å². The molecule has 8 heteroatoms. The molecule has 1 aliphatic carbocycles. The molecule has 2 saturated heterocycles. The Bertz CT molecular complexity index is 959. The Morgan fingerprint density at radius 2 is 1.88 bits per heavy atom. The highest BCUT2D eigenvalue weighted by Crippen LogP contribution is 2.33. The highest BCUT2D eigenvalue weighted by Gasteiger charge is 2.28. The van der Waals surface area contributed by atoms with Gasteiger partial charge in [0.15, 0.2) is 0 Å². The van der Waals surface area contributed by atoms with E-state index in [9.17, 15) is 4.79 Å². The molecule has 8 nitrogen and oxygen atoms in total. The minimum atomic E-state index is -0.114. The number of nitrogens with zero attached hydrogens (tertiary/aromatic N) is 4. The molecule has 5 rings (SSSR count). The van der Waals surface area contributed by atoms with Gasteiger partial charge in [0.2, 0.25) is 0 Å². The van der Waals surface area contributed by atoms with Crippen molar-refractivity contribution in [2.24, 2.45) is 5.92 Å². The summed E-state index contributed by atoms with van der Waals surface area (Å²) < 4.78 is 7.63. The first-order valence-electron chi connectivity index (χ1n) is 13.1. The number of rotatable bonds is 11. The van der Waals surface area contributed by atoms with Crippen LogP contribution >= 0.6 is 0 Å². The zero-order valence-electron chi connectivity index (χ0n) is 20.3. The van der Waals surface area contributed by atoms with Gasteiger partial charge in [0.05, 0.1) is 37.4 Å². The minimum Gasteiger partial charge on any atom is -0.394 e. The van der Waals surface area contributed by atoms with Gasteiger partial charge in [-0.15, -0.1) is 0 Å². The zero-order chi connectivity index (χ0) is 23.3. The van der Waals surface area contributed by atoms with Crippen LogP contribution in [0.25, 0.3) is 11.0 Å². The van der Waals surface area contributed by atoms with E-state index < -0.39 is 0 Å². The van der Waals surface area contributed by atoms with Gasteiger partial charge in [0, 0.05) is 37.8 Å². The van der Waals surface area contributed by atoms with Gasteiger partial charge in [-0.05, 0) is 75.7 Å². The van der Waals surface area contributed by atoms with Crippen molar-refractivity contribution in [1.82, 2.24) is 24.7 Å². The molecule has 0 radical (unpaired) electrons. The topological polar surface area (TPSA) is 82.9 Å². The maximum absolute atomic E-state index is 12.6. The maximum Gasteiger partial charge on any atom is 0.251 e. The molecule has 3 aliphatic rings. The Hall–Kier alpha value is -2.00. The predicted octanol–water partition coefficient (Wildman–Crippen LogP) is 2.25. The van der Waals surface area contributed by atoms with Crippen LogP contribution in [0.3, 0.4) is 0 Å². The number of aromatic nitrogens is 2. The fourth-order valence-corrected chi connectivity index (χ4v) is 5.46. The SMILES string of the molecule is O=C(NCCOCCO)c1ccc2c(c1)nc(CN1CCC(N3CCCC3)CC1)n2CC1CC1. The maximum atomic E-state index is 12.6. The molecule has 0 spiro atoms. The van der Waals surface area contributed by atoms with E-state index in [0.717, 1.165) is 55.0 Å². The number of nitrogens with one attached hydrogen (secondary N) is 1. The van der Waals surface area contributed by atoms with Crippen molar-refractivity contribution in [2.45, 2.75) is 57.7 Å². The molecule has 1 saturated carbocycles. The molecule has 2 aliphatic heterocycles. The van der Waals surface area contributed by atoms with Crippen molar-refractivity contribution in [2.75, 3.05) is 52.5 Å². The lowest BCUT2D eigenvalue weighted by molar-refractivity contribution is 0.0838. The van der Waals surface area contributed by atoms with E-state index in [0.29, 0.717) is 25.3 Å². The Morgan fingerprint density at radius 3 is 2.62 bits per heavy atom. The predicted molar refractivity (Wildman–Crippen MR) is 132 cm³/mol. The van der Waals surface area contributed by atoms with Crippen LogP contribution in [-0.4, -0.2) is 89.0 Å². The van der Waals surface area contributed by atoms with Crippen molar-refractivity contribution >= 4 is 16.9 Å². The lowest BCUT2D eigenvalue weighted by Gasteiger charge is -2.36. The number of imidazole rings is 1. The highest BCUT2D eigenvalue weighted by molar-refractivity contribution is 5.97. The second kappa shape index (κ2) is 11.2. The highest BCUT2D eigenvalue weighted by atomic mass is 16.5. The van der Waals surface area contributed by atoms with Gasteiger partial charge in [-0.1, -0.05) is 0 Å². The van der Waals surface area contributed by atoms with Crippen LogP contribution in [0.4, 0.5) is 0 Å². The molecule has 1 aromatic heterocycles. The molecule has 2 N–H and O–H groups in total. The number of amides is 1. The number of carbonyl (C=O) groups excluding carboxylic acids is 1. The van der Waals surface area contributed by atoms with Crippen LogP contribution in [-0.2, 0) is 17.8 Å². The number of likely N-dealkylation sites (tertiary alicyclic amines) is 2. The second-order valence-electron chi connectivity index (χ2n) is 10.1. The summed E-state index contributed by atoms with van der Waals surface area (Å²) in [5.41, 5.74) is 2.67. The first-order valence-corrected chi connectivity index (χ1v) is 13.1. The molecule has 0 unspecified atom stereocenters. The van der Waals surface area contributed by atoms with Gasteiger partial charge < -0.3 is 24.6 Å². The van der Waals surface area contributed by atoms with Crippen LogP contribution in [0, 0.1) is 5.92 Å². The van der Waals surface area contributed by atoms with Gasteiger partial charge in [-0.25, -0.2) is 4.98 Å². The molecule has 0 bridgehead atoms. The summed E-state index contributed by atoms with van der Waals surface area (Å²) in [6.07, 6.45) is 7.86. The molecule has 1 aromatic carbocycles. The number of hydrogen-bond donors (Lipinski definition) is 2. The fourth-order valence-electron chi connectivity index (χ4n) is 5.46. The molecular formula is C26H39N5O3. The van der Waals surface area contributed by atoms with Gasteiger partial charge >= 0.3 is 0 Å². The number of aliphatic hydroxyl groups is 1. The van der Waals surface area contributed by atoms with Crippen LogP contribution in [0.15, 0.2) is 18.2 Å². The minimum absolute atomic E-state index is 0.00703. The first kappa shape index (κ1) is 23.7. The number of aliphatic hydroxyl groups excluding tert-OH is 1. The normalized spacial score (nSPS) is 20.4. The quantitative estimate of drug-likeness (QED) is 0.491. The summed E-state index contributed by atoms with van der Waals surface area (Å²) in [5, 5.41) is 11.7. The molecule has 2 aromatic rings. The Balaban J connectivity index is 1.25. The first-order chi connectivity index (χ1) is 16.7. The number of hydrogen-bond acceptors (Lipinski definition) is 6. The van der Waals surface area contributed by atoms with Crippen LogP contribution in [0.1, 0.15) is 54.7 Å². The van der Waals surface area contributed by atoms with Gasteiger partial charge in [-0.2, -0.15) is 0 Å². The summed E-state index contributed by atoms with van der Waals surface area (Å²) in [4.78, 5) is 22.9. The summed E-state index contributed by atoms with van der Waals surface area (Å²) in [5.74, 6) is 1.78. The summed E-state index contributed by atoms with van der Waals surface area (Å²) >= 11 is 0. The number of fused-ring (bicyclic) bond motifs is 1. The standard InChI is InChI=1S/C26H39N5O3/c32-14-16-34-15-9-27-26(33)21-5-6-24-23(17-21)28-25(31(24)18-20-3-4-20)19-29-12-7-22(8-13-29)30-10-1-2-11-30/h5-6,17,20,22,32H,1-4,7-16,18-19H2,(H,27,33). The molecular weight excluding hydrogens is 430 g/mol. The molecule has 1 amide bonds. The molecule has 34 heavy (non-hydrogen) atoms. The summed E-state index contributed by atoms with van der Waals surface area (Å²) in [6.45, 7) is 7.86. The fraction of sp³-hybridized carbons (Fsp3) is 0.692. The van der Waals surface area contributed by atoms with E-state index in [-0.39, 0.29) is 12.5 Å². The van der Waals surface area contributed by atoms with E-state index >= 15 is 0 Å². The van der Waals surface area contributed by atoms with Crippen LogP contribution < -0.4 is 5.32 Å². The van der Waals surface area contributed by atoms with Crippen molar-refractivity contribution in [3.05, 3.63) is 29.6 Å². The Labute approximate surface area is 202 Å². The molecule has 0 atom stereocenters. The van der Waals surface area contributed by atoms with Crippen molar-refractivity contribution in [1.29, 1.82) is 0 Å². The number of benzene rings is 1. The van der Waals surface area contributed by atoms with Crippen molar-refractivity contribution < 1.29 is 14.6 Å². The van der Waals surface area contributed by atoms with Crippen LogP contribution in [0.5, 0.6) is 0 Å². The molecule has 3 fully saturated rings. The van der Waals surface area contributed by atoms with Gasteiger partial charge in [-0.3, -0.25) is 9.69 Å². The smallest absolute Gasteiger partial charge is 0.251 e. The largest absolute Gasteiger partial charge is 0.394 e. The lowest BCUT2D eigenvalue weighted by atomic mass is 10.0. The Kier molecular flexibility index (Phi) is 7.79. The lowest BCUT2D eigenvalue weighted by Crippen LogP contribution is -2.43. The summed E-state index contributed by atoms with van der Waals surface area (Å²) in [7, 11) is 0. The van der Waals surface area contributed by atoms with E-state index in [1.807, 2.05) is 12.1 Å². The van der Waals surface area contributed by atoms with Crippen molar-refractivity contribution in [3.8, 4) is 0 Å². The molecule has 186 valence electrons. The van der Waals surface area contributed by atoms with E-state index in [1.165, 1.54) is 51.6 Å². The number of piperidine rings is 1. The van der Waals surface area contributed by atoms with E-state index in [2.05, 4.69) is 25.8 Å². The Morgan fingerprint density at radius 1 is 1.09 bits per heavy atom. The third-order valence-electron chi connectivity index (χ3n) is 7.57. The average molecular weight is 470 g/mol. The third kappa shape index (κ3) is 5.79. The monoisotopic (exact) mass is 469 g/mol. The van der Waals surface area contributed by atoms with Gasteiger partial charge in [0.1, 0.15) is 5.82 Å². The third-order valence-corrected chi connectivity index (χ3v) is 7.57. The number of ether oxygens (including phenoxy) is 1. The number of carbonyl (C=O) groups is 1. The average Bonchev–Trinajstić information content (AvgIpc) is 3.38. The van der Waals surface area contributed by atoms with E-state index in [1.54, 1.807) is 0 Å². The second-order valence-corrected chi connectivity index (χ2v) is 10.1. The van der Waals surface area contributed by atoms with Gasteiger partial charge in [0.25, 0.3) is 5.91 Å². The summed E-state index contributed by atoms with van der Waals surface area (Å²) in [6, 6.07) is 6.65. The van der Waals surface area contributed by atoms with Crippen molar-refractivity contribution in [3.63, 3.8) is 0 Å². The molecule has 3 heterocycles. The zero-order valence-corrected chi connectivity index (χ0v) is 20.3.